The van der Waals surface area contributed by atoms with Crippen molar-refractivity contribution in [2.24, 2.45) is 0 Å². The number of benzene rings is 1. The molecule has 0 unspecified atom stereocenters. The maximum absolute atomic E-state index is 11.6. The quantitative estimate of drug-likeness (QED) is 0.833. The first-order valence-electron chi connectivity index (χ1n) is 4.76. The van der Waals surface area contributed by atoms with Crippen LogP contribution in [0, 0.1) is 11.8 Å². The Morgan fingerprint density at radius 3 is 2.71 bits per heavy atom. The van der Waals surface area contributed by atoms with Crippen LogP contribution in [0.5, 0.6) is 0 Å². The van der Waals surface area contributed by atoms with Gasteiger partial charge in [0.05, 0.1) is 0 Å². The van der Waals surface area contributed by atoms with Crippen LogP contribution in [-0.2, 0) is 9.59 Å². The monoisotopic (exact) mass is 251 g/mol. The zero-order chi connectivity index (χ0) is 12.8. The van der Waals surface area contributed by atoms with E-state index in [4.69, 9.17) is 16.7 Å². The van der Waals surface area contributed by atoms with Gasteiger partial charge in [0.2, 0.25) is 0 Å². The van der Waals surface area contributed by atoms with E-state index in [1.165, 1.54) is 13.0 Å². The second-order valence-corrected chi connectivity index (χ2v) is 3.58. The van der Waals surface area contributed by atoms with Gasteiger partial charge in [-0.2, -0.15) is 0 Å². The molecule has 17 heavy (non-hydrogen) atoms. The van der Waals surface area contributed by atoms with Gasteiger partial charge >= 0.3 is 11.9 Å². The number of aliphatic carboxylic acids is 1. The summed E-state index contributed by atoms with van der Waals surface area (Å²) in [6, 6.07) is 6.39. The molecule has 1 amide bonds. The molecule has 0 saturated carbocycles. The van der Waals surface area contributed by atoms with Crippen LogP contribution in [0.15, 0.2) is 24.3 Å². The average molecular weight is 252 g/mol. The molecule has 5 heteroatoms. The van der Waals surface area contributed by atoms with E-state index in [2.05, 4.69) is 11.8 Å². The molecule has 1 aromatic rings. The number of anilines is 1. The van der Waals surface area contributed by atoms with Crippen molar-refractivity contribution in [3.05, 3.63) is 29.3 Å². The van der Waals surface area contributed by atoms with Crippen molar-refractivity contribution in [2.75, 3.05) is 11.4 Å². The third-order valence-electron chi connectivity index (χ3n) is 1.89. The van der Waals surface area contributed by atoms with Gasteiger partial charge in [0, 0.05) is 10.7 Å². The predicted molar refractivity (Wildman–Crippen MR) is 64.9 cm³/mol. The highest BCUT2D eigenvalue weighted by Gasteiger charge is 2.17. The lowest BCUT2D eigenvalue weighted by atomic mass is 10.2. The highest BCUT2D eigenvalue weighted by molar-refractivity contribution is 6.31. The Hall–Kier alpha value is -1.99. The lowest BCUT2D eigenvalue weighted by Gasteiger charge is -2.18. The molecule has 0 spiro atoms. The van der Waals surface area contributed by atoms with Crippen molar-refractivity contribution >= 4 is 29.2 Å². The summed E-state index contributed by atoms with van der Waals surface area (Å²) in [5.74, 6) is 3.05. The fourth-order valence-corrected chi connectivity index (χ4v) is 1.42. The number of hydrogen-bond acceptors (Lipinski definition) is 2. The summed E-state index contributed by atoms with van der Waals surface area (Å²) in [5, 5.41) is 9.18. The third kappa shape index (κ3) is 3.82. The normalized spacial score (nSPS) is 9.06. The van der Waals surface area contributed by atoms with Crippen molar-refractivity contribution in [1.82, 2.24) is 0 Å². The molecule has 1 aromatic carbocycles. The van der Waals surface area contributed by atoms with Gasteiger partial charge in [-0.25, -0.2) is 0 Å². The molecule has 0 fully saturated rings. The van der Waals surface area contributed by atoms with Gasteiger partial charge in [0.15, 0.2) is 0 Å². The average Bonchev–Trinajstić information content (AvgIpc) is 2.26. The summed E-state index contributed by atoms with van der Waals surface area (Å²) in [5.41, 5.74) is 0.410. The number of rotatable bonds is 3. The lowest BCUT2D eigenvalue weighted by molar-refractivity contribution is -0.136. The minimum atomic E-state index is -1.11. The summed E-state index contributed by atoms with van der Waals surface area (Å²) in [6.07, 6.45) is 0. The number of carboxylic acids is 1. The molecule has 0 atom stereocenters. The number of hydrogen-bond donors (Lipinski definition) is 1. The van der Waals surface area contributed by atoms with E-state index >= 15 is 0 Å². The number of carbonyl (C=O) groups is 2. The number of amides is 1. The molecule has 0 aliphatic rings. The van der Waals surface area contributed by atoms with Gasteiger partial charge in [-0.1, -0.05) is 23.6 Å². The zero-order valence-corrected chi connectivity index (χ0v) is 9.86. The van der Waals surface area contributed by atoms with Crippen LogP contribution in [0.3, 0.4) is 0 Å². The van der Waals surface area contributed by atoms with E-state index in [0.29, 0.717) is 10.7 Å². The molecular weight excluding hydrogens is 242 g/mol. The number of nitrogens with zero attached hydrogens (tertiary/aromatic N) is 1. The van der Waals surface area contributed by atoms with Gasteiger partial charge in [-0.05, 0) is 31.0 Å². The molecule has 1 rings (SSSR count). The van der Waals surface area contributed by atoms with Crippen LogP contribution in [0.25, 0.3) is 0 Å². The maximum atomic E-state index is 11.6. The first-order chi connectivity index (χ1) is 8.04. The summed E-state index contributed by atoms with van der Waals surface area (Å²) in [6.45, 7) is 1.06. The van der Waals surface area contributed by atoms with Gasteiger partial charge in [0.1, 0.15) is 6.54 Å². The SMILES string of the molecule is CC#CC(=O)N(CC(=O)O)c1cccc(Cl)c1. The van der Waals surface area contributed by atoms with Crippen LogP contribution >= 0.6 is 11.6 Å². The van der Waals surface area contributed by atoms with Crippen molar-refractivity contribution in [3.8, 4) is 11.8 Å². The van der Waals surface area contributed by atoms with Gasteiger partial charge in [0.25, 0.3) is 0 Å². The molecule has 0 aliphatic heterocycles. The number of carbonyl (C=O) groups excluding carboxylic acids is 1. The molecule has 0 saturated heterocycles. The minimum Gasteiger partial charge on any atom is -0.480 e. The minimum absolute atomic E-state index is 0.410. The Labute approximate surface area is 104 Å². The molecule has 0 aromatic heterocycles. The summed E-state index contributed by atoms with van der Waals surface area (Å²) >= 11 is 5.79. The van der Waals surface area contributed by atoms with Gasteiger partial charge < -0.3 is 5.11 Å². The molecule has 0 heterocycles. The number of carboxylic acid groups (broad SMARTS) is 1. The van der Waals surface area contributed by atoms with E-state index in [1.807, 2.05) is 0 Å². The fourth-order valence-electron chi connectivity index (χ4n) is 1.23. The molecule has 88 valence electrons. The van der Waals surface area contributed by atoms with E-state index in [1.54, 1.807) is 18.2 Å². The van der Waals surface area contributed by atoms with E-state index in [-0.39, 0.29) is 0 Å². The van der Waals surface area contributed by atoms with Crippen molar-refractivity contribution in [3.63, 3.8) is 0 Å². The topological polar surface area (TPSA) is 57.6 Å². The van der Waals surface area contributed by atoms with E-state index < -0.39 is 18.4 Å². The van der Waals surface area contributed by atoms with Crippen LogP contribution < -0.4 is 4.90 Å². The highest BCUT2D eigenvalue weighted by Crippen LogP contribution is 2.19. The van der Waals surface area contributed by atoms with E-state index in [9.17, 15) is 9.59 Å². The predicted octanol–water partition coefficient (Wildman–Crippen LogP) is 1.78. The number of halogens is 1. The Bertz CT molecular complexity index is 502. The van der Waals surface area contributed by atoms with Gasteiger partial charge in [-0.3, -0.25) is 14.5 Å². The summed E-state index contributed by atoms with van der Waals surface area (Å²) < 4.78 is 0. The Morgan fingerprint density at radius 2 is 2.18 bits per heavy atom. The van der Waals surface area contributed by atoms with Crippen LogP contribution in [-0.4, -0.2) is 23.5 Å². The zero-order valence-electron chi connectivity index (χ0n) is 9.11. The smallest absolute Gasteiger partial charge is 0.323 e. The van der Waals surface area contributed by atoms with Crippen molar-refractivity contribution in [1.29, 1.82) is 0 Å². The fraction of sp³-hybridized carbons (Fsp3) is 0.167. The Balaban J connectivity index is 3.08. The Morgan fingerprint density at radius 1 is 1.47 bits per heavy atom. The van der Waals surface area contributed by atoms with Crippen molar-refractivity contribution in [2.45, 2.75) is 6.92 Å². The second-order valence-electron chi connectivity index (χ2n) is 3.14. The molecule has 0 bridgehead atoms. The van der Waals surface area contributed by atoms with E-state index in [0.717, 1.165) is 4.90 Å². The second kappa shape index (κ2) is 5.92. The Kier molecular flexibility index (Phi) is 4.56. The summed E-state index contributed by atoms with van der Waals surface area (Å²) in [4.78, 5) is 23.4. The van der Waals surface area contributed by atoms with Crippen LogP contribution in [0.4, 0.5) is 5.69 Å². The lowest BCUT2D eigenvalue weighted by Crippen LogP contribution is -2.34. The highest BCUT2D eigenvalue weighted by atomic mass is 35.5. The maximum Gasteiger partial charge on any atom is 0.323 e. The molecule has 0 radical (unpaired) electrons. The first-order valence-corrected chi connectivity index (χ1v) is 5.14. The van der Waals surface area contributed by atoms with Crippen molar-refractivity contribution < 1.29 is 14.7 Å². The first kappa shape index (κ1) is 13.1. The van der Waals surface area contributed by atoms with Gasteiger partial charge in [-0.15, -0.1) is 0 Å². The standard InChI is InChI=1S/C12H10ClNO3/c1-2-4-11(15)14(8-12(16)17)10-6-3-5-9(13)7-10/h3,5-7H,8H2,1H3,(H,16,17). The third-order valence-corrected chi connectivity index (χ3v) is 2.13. The molecular formula is C12H10ClNO3. The van der Waals surface area contributed by atoms with Crippen LogP contribution in [0.2, 0.25) is 5.02 Å². The molecule has 0 aliphatic carbocycles. The summed E-state index contributed by atoms with van der Waals surface area (Å²) in [7, 11) is 0. The molecule has 1 N–H and O–H groups in total. The molecule has 4 nitrogen and oxygen atoms in total. The van der Waals surface area contributed by atoms with Crippen LogP contribution in [0.1, 0.15) is 6.92 Å². The largest absolute Gasteiger partial charge is 0.480 e.